The Bertz CT molecular complexity index is 820. The quantitative estimate of drug-likeness (QED) is 0.439. The highest BCUT2D eigenvalue weighted by Crippen LogP contribution is 2.40. The molecule has 0 radical (unpaired) electrons. The molecule has 0 saturated carbocycles. The Morgan fingerprint density at radius 2 is 1.22 bits per heavy atom. The summed E-state index contributed by atoms with van der Waals surface area (Å²) >= 11 is 6.26. The van der Waals surface area contributed by atoms with E-state index in [1.165, 1.54) is 0 Å². The number of benzene rings is 4. The molecule has 2 heteroatoms. The predicted molar refractivity (Wildman–Crippen MR) is 76.8 cm³/mol. The monoisotopic (exact) mass is 252 g/mol. The molecular weight excluding hydrogens is 244 g/mol. The third kappa shape index (κ3) is 1.12. The Balaban J connectivity index is 2.47. The summed E-state index contributed by atoms with van der Waals surface area (Å²) < 4.78 is 0. The van der Waals surface area contributed by atoms with E-state index in [0.717, 1.165) is 37.3 Å². The number of phenols is 1. The van der Waals surface area contributed by atoms with Gasteiger partial charge in [0.25, 0.3) is 0 Å². The SMILES string of the molecule is Oc1ccc2ccc3c(Cl)ccc4ccc1c2c43. The minimum absolute atomic E-state index is 0.317. The van der Waals surface area contributed by atoms with E-state index in [1.54, 1.807) is 6.07 Å². The van der Waals surface area contributed by atoms with Crippen LogP contribution in [0.1, 0.15) is 0 Å². The van der Waals surface area contributed by atoms with Gasteiger partial charge in [-0.05, 0) is 28.3 Å². The molecule has 0 amide bonds. The molecular formula is C16H9ClO. The molecule has 18 heavy (non-hydrogen) atoms. The maximum Gasteiger partial charge on any atom is 0.123 e. The molecule has 0 atom stereocenters. The summed E-state index contributed by atoms with van der Waals surface area (Å²) in [6, 6.07) is 15.7. The summed E-state index contributed by atoms with van der Waals surface area (Å²) in [5.41, 5.74) is 0. The molecule has 0 aliphatic carbocycles. The lowest BCUT2D eigenvalue weighted by atomic mass is 9.94. The van der Waals surface area contributed by atoms with E-state index in [2.05, 4.69) is 6.07 Å². The van der Waals surface area contributed by atoms with Crippen LogP contribution in [0.5, 0.6) is 5.75 Å². The molecule has 4 rings (SSSR count). The van der Waals surface area contributed by atoms with E-state index in [4.69, 9.17) is 11.6 Å². The van der Waals surface area contributed by atoms with Crippen LogP contribution in [-0.4, -0.2) is 5.11 Å². The summed E-state index contributed by atoms with van der Waals surface area (Å²) in [5.74, 6) is 0.317. The van der Waals surface area contributed by atoms with E-state index in [0.29, 0.717) is 5.75 Å². The number of hydrogen-bond donors (Lipinski definition) is 1. The minimum atomic E-state index is 0.317. The van der Waals surface area contributed by atoms with Crippen molar-refractivity contribution in [3.8, 4) is 5.75 Å². The molecule has 0 saturated heterocycles. The Morgan fingerprint density at radius 3 is 2.00 bits per heavy atom. The van der Waals surface area contributed by atoms with Crippen molar-refractivity contribution in [3.63, 3.8) is 0 Å². The molecule has 0 aliphatic rings. The Hall–Kier alpha value is -1.99. The summed E-state index contributed by atoms with van der Waals surface area (Å²) in [5, 5.41) is 17.2. The van der Waals surface area contributed by atoms with Crippen LogP contribution in [0.25, 0.3) is 32.3 Å². The van der Waals surface area contributed by atoms with Crippen molar-refractivity contribution < 1.29 is 5.11 Å². The Kier molecular flexibility index (Phi) is 1.81. The highest BCUT2D eigenvalue weighted by atomic mass is 35.5. The maximum absolute atomic E-state index is 9.98. The minimum Gasteiger partial charge on any atom is -0.507 e. The van der Waals surface area contributed by atoms with Crippen molar-refractivity contribution in [1.82, 2.24) is 0 Å². The predicted octanol–water partition coefficient (Wildman–Crippen LogP) is 4.94. The van der Waals surface area contributed by atoms with E-state index in [-0.39, 0.29) is 0 Å². The van der Waals surface area contributed by atoms with Crippen molar-refractivity contribution in [3.05, 3.63) is 53.6 Å². The van der Waals surface area contributed by atoms with Gasteiger partial charge in [0.15, 0.2) is 0 Å². The average Bonchev–Trinajstić information content (AvgIpc) is 2.40. The van der Waals surface area contributed by atoms with E-state index in [1.807, 2.05) is 36.4 Å². The van der Waals surface area contributed by atoms with Crippen LogP contribution in [0.2, 0.25) is 5.02 Å². The van der Waals surface area contributed by atoms with Crippen molar-refractivity contribution in [2.45, 2.75) is 0 Å². The lowest BCUT2D eigenvalue weighted by Crippen LogP contribution is -1.84. The summed E-state index contributed by atoms with van der Waals surface area (Å²) in [6.45, 7) is 0. The van der Waals surface area contributed by atoms with Crippen LogP contribution in [0.4, 0.5) is 0 Å². The van der Waals surface area contributed by atoms with E-state index >= 15 is 0 Å². The van der Waals surface area contributed by atoms with Crippen LogP contribution in [0.3, 0.4) is 0 Å². The number of rotatable bonds is 0. The molecule has 0 aromatic heterocycles. The number of phenolic OH excluding ortho intramolecular Hbond substituents is 1. The fraction of sp³-hybridized carbons (Fsp3) is 0. The summed E-state index contributed by atoms with van der Waals surface area (Å²) in [4.78, 5) is 0. The van der Waals surface area contributed by atoms with Gasteiger partial charge >= 0.3 is 0 Å². The van der Waals surface area contributed by atoms with Gasteiger partial charge < -0.3 is 5.11 Å². The van der Waals surface area contributed by atoms with Gasteiger partial charge in [-0.1, -0.05) is 48.0 Å². The fourth-order valence-electron chi connectivity index (χ4n) is 2.75. The molecule has 0 heterocycles. The third-order valence-electron chi connectivity index (χ3n) is 3.59. The van der Waals surface area contributed by atoms with Crippen molar-refractivity contribution >= 4 is 43.9 Å². The van der Waals surface area contributed by atoms with Crippen LogP contribution in [0.15, 0.2) is 48.5 Å². The van der Waals surface area contributed by atoms with Crippen LogP contribution in [-0.2, 0) is 0 Å². The summed E-state index contributed by atoms with van der Waals surface area (Å²) in [6.07, 6.45) is 0. The van der Waals surface area contributed by atoms with Gasteiger partial charge in [-0.2, -0.15) is 0 Å². The molecule has 0 unspecified atom stereocenters. The highest BCUT2D eigenvalue weighted by Gasteiger charge is 2.11. The van der Waals surface area contributed by atoms with Gasteiger partial charge in [-0.25, -0.2) is 0 Å². The van der Waals surface area contributed by atoms with Crippen molar-refractivity contribution in [2.24, 2.45) is 0 Å². The van der Waals surface area contributed by atoms with Gasteiger partial charge in [0.2, 0.25) is 0 Å². The Labute approximate surface area is 109 Å². The van der Waals surface area contributed by atoms with Crippen molar-refractivity contribution in [1.29, 1.82) is 0 Å². The number of hydrogen-bond acceptors (Lipinski definition) is 1. The first kappa shape index (κ1) is 9.98. The maximum atomic E-state index is 9.98. The molecule has 4 aromatic rings. The van der Waals surface area contributed by atoms with E-state index in [9.17, 15) is 5.11 Å². The first-order chi connectivity index (χ1) is 8.75. The number of aromatic hydroxyl groups is 1. The topological polar surface area (TPSA) is 20.2 Å². The molecule has 0 bridgehead atoms. The highest BCUT2D eigenvalue weighted by molar-refractivity contribution is 6.38. The summed E-state index contributed by atoms with van der Waals surface area (Å²) in [7, 11) is 0. The standard InChI is InChI=1S/C16H9ClO/c17-13-7-3-9-2-6-12-14(18)8-4-10-1-5-11(13)15(9)16(10)12/h1-8,18H. The van der Waals surface area contributed by atoms with Gasteiger partial charge in [-0.3, -0.25) is 0 Å². The molecule has 0 fully saturated rings. The average molecular weight is 253 g/mol. The first-order valence-electron chi connectivity index (χ1n) is 5.81. The number of halogens is 1. The molecule has 0 spiro atoms. The zero-order chi connectivity index (χ0) is 12.3. The third-order valence-corrected chi connectivity index (χ3v) is 3.92. The second-order valence-electron chi connectivity index (χ2n) is 4.55. The normalized spacial score (nSPS) is 11.8. The second-order valence-corrected chi connectivity index (χ2v) is 4.96. The van der Waals surface area contributed by atoms with Gasteiger partial charge in [0, 0.05) is 21.2 Å². The molecule has 4 aromatic carbocycles. The molecule has 1 nitrogen and oxygen atoms in total. The molecule has 86 valence electrons. The zero-order valence-corrected chi connectivity index (χ0v) is 10.2. The zero-order valence-electron chi connectivity index (χ0n) is 9.44. The first-order valence-corrected chi connectivity index (χ1v) is 6.18. The lowest BCUT2D eigenvalue weighted by molar-refractivity contribution is 0.482. The Morgan fingerprint density at radius 1 is 0.667 bits per heavy atom. The van der Waals surface area contributed by atoms with Crippen LogP contribution < -0.4 is 0 Å². The smallest absolute Gasteiger partial charge is 0.123 e. The molecule has 0 aliphatic heterocycles. The van der Waals surface area contributed by atoms with Crippen molar-refractivity contribution in [2.75, 3.05) is 0 Å². The fourth-order valence-corrected chi connectivity index (χ4v) is 2.97. The largest absolute Gasteiger partial charge is 0.507 e. The van der Waals surface area contributed by atoms with E-state index < -0.39 is 0 Å². The second kappa shape index (κ2) is 3.27. The van der Waals surface area contributed by atoms with Gasteiger partial charge in [-0.15, -0.1) is 0 Å². The molecule has 1 N–H and O–H groups in total. The van der Waals surface area contributed by atoms with Gasteiger partial charge in [0.1, 0.15) is 5.75 Å². The van der Waals surface area contributed by atoms with Crippen LogP contribution in [0, 0.1) is 0 Å². The lowest BCUT2D eigenvalue weighted by Gasteiger charge is -2.12. The van der Waals surface area contributed by atoms with Gasteiger partial charge in [0.05, 0.1) is 0 Å². The van der Waals surface area contributed by atoms with Crippen LogP contribution >= 0.6 is 11.6 Å².